The summed E-state index contributed by atoms with van der Waals surface area (Å²) < 4.78 is 10.3. The molecule has 22 heavy (non-hydrogen) atoms. The number of hydrogen-bond donors (Lipinski definition) is 0. The van der Waals surface area contributed by atoms with Crippen LogP contribution >= 0.6 is 0 Å². The largest absolute Gasteiger partial charge is 0.493 e. The summed E-state index contributed by atoms with van der Waals surface area (Å²) in [6.45, 7) is 3.75. The molecule has 2 aromatic rings. The predicted octanol–water partition coefficient (Wildman–Crippen LogP) is 3.44. The number of hydrogen-bond acceptors (Lipinski definition) is 5. The van der Waals surface area contributed by atoms with Gasteiger partial charge in [-0.05, 0) is 32.0 Å². The first-order valence-corrected chi connectivity index (χ1v) is 6.53. The first kappa shape index (κ1) is 15.5. The minimum atomic E-state index is -0.592. The number of methoxy groups -OCH3 is 1. The molecule has 6 nitrogen and oxygen atoms in total. The molecule has 0 heterocycles. The summed E-state index contributed by atoms with van der Waals surface area (Å²) in [6, 6.07) is 9.16. The van der Waals surface area contributed by atoms with E-state index in [1.54, 1.807) is 12.1 Å². The highest BCUT2D eigenvalue weighted by molar-refractivity contribution is 5.91. The molecule has 0 bridgehead atoms. The summed E-state index contributed by atoms with van der Waals surface area (Å²) in [7, 11) is 1.40. The predicted molar refractivity (Wildman–Crippen MR) is 80.5 cm³/mol. The second-order valence-electron chi connectivity index (χ2n) is 4.86. The number of rotatable bonds is 4. The number of non-ortho nitro benzene ring substituents is 1. The van der Waals surface area contributed by atoms with Crippen LogP contribution in [0.5, 0.6) is 11.5 Å². The van der Waals surface area contributed by atoms with Gasteiger partial charge in [0.15, 0.2) is 11.5 Å². The molecule has 0 fully saturated rings. The third-order valence-electron chi connectivity index (χ3n) is 3.02. The summed E-state index contributed by atoms with van der Waals surface area (Å²) in [4.78, 5) is 22.5. The maximum atomic E-state index is 12.2. The maximum Gasteiger partial charge on any atom is 0.343 e. The van der Waals surface area contributed by atoms with Gasteiger partial charge in [-0.1, -0.05) is 17.2 Å². The van der Waals surface area contributed by atoms with Crippen LogP contribution in [0.4, 0.5) is 5.69 Å². The van der Waals surface area contributed by atoms with Gasteiger partial charge in [0.2, 0.25) is 0 Å². The first-order chi connectivity index (χ1) is 10.4. The van der Waals surface area contributed by atoms with Crippen molar-refractivity contribution >= 4 is 11.7 Å². The highest BCUT2D eigenvalue weighted by Crippen LogP contribution is 2.31. The zero-order chi connectivity index (χ0) is 16.3. The van der Waals surface area contributed by atoms with E-state index in [0.29, 0.717) is 5.56 Å². The molecule has 0 saturated carbocycles. The van der Waals surface area contributed by atoms with Gasteiger partial charge in [0, 0.05) is 6.07 Å². The van der Waals surface area contributed by atoms with Crippen molar-refractivity contribution in [3.63, 3.8) is 0 Å². The maximum absolute atomic E-state index is 12.2. The molecule has 0 aliphatic rings. The molecule has 0 aromatic heterocycles. The lowest BCUT2D eigenvalue weighted by Crippen LogP contribution is -2.10. The monoisotopic (exact) mass is 301 g/mol. The minimum Gasteiger partial charge on any atom is -0.493 e. The molecule has 6 heteroatoms. The van der Waals surface area contributed by atoms with Crippen LogP contribution in [0.1, 0.15) is 21.5 Å². The van der Waals surface area contributed by atoms with Crippen molar-refractivity contribution in [3.8, 4) is 11.5 Å². The van der Waals surface area contributed by atoms with E-state index in [-0.39, 0.29) is 17.2 Å². The molecule has 0 aliphatic heterocycles. The van der Waals surface area contributed by atoms with E-state index in [2.05, 4.69) is 0 Å². The summed E-state index contributed by atoms with van der Waals surface area (Å²) in [5, 5.41) is 10.8. The number of ether oxygens (including phenoxy) is 2. The van der Waals surface area contributed by atoms with Crippen molar-refractivity contribution < 1.29 is 19.2 Å². The van der Waals surface area contributed by atoms with E-state index in [4.69, 9.17) is 9.47 Å². The normalized spacial score (nSPS) is 10.1. The van der Waals surface area contributed by atoms with Crippen LogP contribution in [-0.4, -0.2) is 18.0 Å². The van der Waals surface area contributed by atoms with Crippen molar-refractivity contribution in [1.82, 2.24) is 0 Å². The van der Waals surface area contributed by atoms with Gasteiger partial charge >= 0.3 is 5.97 Å². The van der Waals surface area contributed by atoms with Crippen LogP contribution in [0.2, 0.25) is 0 Å². The van der Waals surface area contributed by atoms with Crippen molar-refractivity contribution in [2.75, 3.05) is 7.11 Å². The fourth-order valence-corrected chi connectivity index (χ4v) is 2.11. The molecule has 0 saturated heterocycles. The SMILES string of the molecule is COc1ccc([N+](=O)[O-])cc1OC(=O)c1cc(C)cc(C)c1. The van der Waals surface area contributed by atoms with Crippen LogP contribution in [0.15, 0.2) is 36.4 Å². The molecule has 0 atom stereocenters. The quantitative estimate of drug-likeness (QED) is 0.374. The number of carbonyl (C=O) groups excluding carboxylic acids is 1. The Morgan fingerprint density at radius 1 is 1.05 bits per heavy atom. The van der Waals surface area contributed by atoms with Gasteiger partial charge in [-0.3, -0.25) is 10.1 Å². The van der Waals surface area contributed by atoms with Crippen molar-refractivity contribution in [2.24, 2.45) is 0 Å². The van der Waals surface area contributed by atoms with Gasteiger partial charge < -0.3 is 9.47 Å². The minimum absolute atomic E-state index is 0.0147. The standard InChI is InChI=1S/C16H15NO5/c1-10-6-11(2)8-12(7-10)16(18)22-15-9-13(17(19)20)4-5-14(15)21-3/h4-9H,1-3H3. The number of esters is 1. The van der Waals surface area contributed by atoms with Crippen LogP contribution in [0.25, 0.3) is 0 Å². The Bertz CT molecular complexity index is 719. The number of aryl methyl sites for hydroxylation is 2. The van der Waals surface area contributed by atoms with Crippen molar-refractivity contribution in [3.05, 3.63) is 63.2 Å². The Kier molecular flexibility index (Phi) is 4.41. The van der Waals surface area contributed by atoms with Crippen molar-refractivity contribution in [2.45, 2.75) is 13.8 Å². The average Bonchev–Trinajstić information content (AvgIpc) is 2.46. The smallest absolute Gasteiger partial charge is 0.343 e. The van der Waals surface area contributed by atoms with Gasteiger partial charge in [0.1, 0.15) is 0 Å². The lowest BCUT2D eigenvalue weighted by molar-refractivity contribution is -0.384. The van der Waals surface area contributed by atoms with E-state index in [0.717, 1.165) is 11.1 Å². The Balaban J connectivity index is 2.34. The molecule has 0 spiro atoms. The van der Waals surface area contributed by atoms with Gasteiger partial charge in [0.05, 0.1) is 23.7 Å². The molecule has 2 rings (SSSR count). The fraction of sp³-hybridized carbons (Fsp3) is 0.188. The van der Waals surface area contributed by atoms with Gasteiger partial charge in [-0.25, -0.2) is 4.79 Å². The van der Waals surface area contributed by atoms with Crippen molar-refractivity contribution in [1.29, 1.82) is 0 Å². The highest BCUT2D eigenvalue weighted by Gasteiger charge is 2.17. The lowest BCUT2D eigenvalue weighted by Gasteiger charge is -2.09. The molecule has 0 aliphatic carbocycles. The third-order valence-corrected chi connectivity index (χ3v) is 3.02. The summed E-state index contributed by atoms with van der Waals surface area (Å²) in [5.41, 5.74) is 2.06. The van der Waals surface area contributed by atoms with E-state index in [1.165, 1.54) is 25.3 Å². The zero-order valence-corrected chi connectivity index (χ0v) is 12.5. The van der Waals surface area contributed by atoms with E-state index >= 15 is 0 Å². The second-order valence-corrected chi connectivity index (χ2v) is 4.86. The average molecular weight is 301 g/mol. The molecule has 0 amide bonds. The van der Waals surface area contributed by atoms with Crippen LogP contribution in [0, 0.1) is 24.0 Å². The number of benzene rings is 2. The third kappa shape index (κ3) is 3.41. The highest BCUT2D eigenvalue weighted by atomic mass is 16.6. The van der Waals surface area contributed by atoms with Crippen LogP contribution in [-0.2, 0) is 0 Å². The molecular weight excluding hydrogens is 286 g/mol. The number of nitrogens with zero attached hydrogens (tertiary/aromatic N) is 1. The second kappa shape index (κ2) is 6.26. The Hall–Kier alpha value is -2.89. The number of carbonyl (C=O) groups is 1. The summed E-state index contributed by atoms with van der Waals surface area (Å²) in [6.07, 6.45) is 0. The Morgan fingerprint density at radius 2 is 1.68 bits per heavy atom. The molecule has 2 aromatic carbocycles. The number of nitro groups is 1. The summed E-state index contributed by atoms with van der Waals surface area (Å²) in [5.74, 6) is -0.324. The van der Waals surface area contributed by atoms with E-state index in [9.17, 15) is 14.9 Å². The molecule has 0 unspecified atom stereocenters. The zero-order valence-electron chi connectivity index (χ0n) is 12.5. The molecule has 0 N–H and O–H groups in total. The van der Waals surface area contributed by atoms with Crippen LogP contribution in [0.3, 0.4) is 0 Å². The molecule has 114 valence electrons. The van der Waals surface area contributed by atoms with Gasteiger partial charge in [-0.2, -0.15) is 0 Å². The van der Waals surface area contributed by atoms with Gasteiger partial charge in [-0.15, -0.1) is 0 Å². The molecular formula is C16H15NO5. The van der Waals surface area contributed by atoms with Gasteiger partial charge in [0.25, 0.3) is 5.69 Å². The fourth-order valence-electron chi connectivity index (χ4n) is 2.11. The molecule has 0 radical (unpaired) electrons. The first-order valence-electron chi connectivity index (χ1n) is 6.53. The topological polar surface area (TPSA) is 78.7 Å². The summed E-state index contributed by atoms with van der Waals surface area (Å²) >= 11 is 0. The van der Waals surface area contributed by atoms with Crippen LogP contribution < -0.4 is 9.47 Å². The van der Waals surface area contributed by atoms with E-state index in [1.807, 2.05) is 19.9 Å². The lowest BCUT2D eigenvalue weighted by atomic mass is 10.1. The Labute approximate surface area is 127 Å². The van der Waals surface area contributed by atoms with E-state index < -0.39 is 10.9 Å². The number of nitro benzene ring substituents is 1. The Morgan fingerprint density at radius 3 is 2.23 bits per heavy atom.